The van der Waals surface area contributed by atoms with E-state index in [1.165, 1.54) is 0 Å². The molecule has 0 bridgehead atoms. The molecule has 1 saturated heterocycles. The molecule has 0 radical (unpaired) electrons. The first-order chi connectivity index (χ1) is 9.15. The minimum atomic E-state index is 0.0839. The highest BCUT2D eigenvalue weighted by molar-refractivity contribution is 5.78. The molecule has 0 saturated carbocycles. The van der Waals surface area contributed by atoms with Gasteiger partial charge in [-0.2, -0.15) is 5.26 Å². The molecule has 2 rings (SSSR count). The molecule has 0 unspecified atom stereocenters. The first kappa shape index (κ1) is 13.2. The average molecular weight is 258 g/mol. The van der Waals surface area contributed by atoms with Gasteiger partial charge in [0, 0.05) is 31.7 Å². The number of nitrogens with two attached hydrogens (primary N) is 1. The van der Waals surface area contributed by atoms with Crippen LogP contribution in [0, 0.1) is 17.2 Å². The summed E-state index contributed by atoms with van der Waals surface area (Å²) in [5, 5.41) is 11.8. The molecule has 100 valence electrons. The topological polar surface area (TPSA) is 82.2 Å². The van der Waals surface area contributed by atoms with Crippen molar-refractivity contribution in [1.82, 2.24) is 5.32 Å². The van der Waals surface area contributed by atoms with Crippen LogP contribution >= 0.6 is 0 Å². The van der Waals surface area contributed by atoms with Crippen molar-refractivity contribution < 1.29 is 4.79 Å². The number of hydrogen-bond donors (Lipinski definition) is 2. The fraction of sp³-hybridized carbons (Fsp3) is 0.429. The van der Waals surface area contributed by atoms with Crippen LogP contribution in [0.3, 0.4) is 0 Å². The maximum atomic E-state index is 11.6. The molecule has 1 aromatic rings. The van der Waals surface area contributed by atoms with Crippen LogP contribution in [0.2, 0.25) is 0 Å². The molecule has 0 aromatic heterocycles. The predicted molar refractivity (Wildman–Crippen MR) is 74.6 cm³/mol. The van der Waals surface area contributed by atoms with Gasteiger partial charge in [-0.15, -0.1) is 0 Å². The van der Waals surface area contributed by atoms with Crippen LogP contribution in [0.4, 0.5) is 11.4 Å². The van der Waals surface area contributed by atoms with Crippen molar-refractivity contribution in [1.29, 1.82) is 5.26 Å². The molecule has 19 heavy (non-hydrogen) atoms. The lowest BCUT2D eigenvalue weighted by atomic mass is 9.95. The molecule has 1 aliphatic rings. The van der Waals surface area contributed by atoms with E-state index in [0.29, 0.717) is 11.3 Å². The lowest BCUT2D eigenvalue weighted by molar-refractivity contribution is -0.125. The van der Waals surface area contributed by atoms with Crippen molar-refractivity contribution in [2.75, 3.05) is 30.8 Å². The summed E-state index contributed by atoms with van der Waals surface area (Å²) in [5.41, 5.74) is 7.79. The van der Waals surface area contributed by atoms with Crippen molar-refractivity contribution in [3.05, 3.63) is 23.8 Å². The van der Waals surface area contributed by atoms with Crippen molar-refractivity contribution >= 4 is 17.3 Å². The maximum absolute atomic E-state index is 11.6. The fourth-order valence-corrected chi connectivity index (χ4v) is 2.51. The second-order valence-corrected chi connectivity index (χ2v) is 4.76. The molecule has 1 aliphatic heterocycles. The Kier molecular flexibility index (Phi) is 3.91. The highest BCUT2D eigenvalue weighted by atomic mass is 16.1. The van der Waals surface area contributed by atoms with Gasteiger partial charge in [-0.1, -0.05) is 0 Å². The zero-order valence-electron chi connectivity index (χ0n) is 11.0. The zero-order chi connectivity index (χ0) is 13.8. The average Bonchev–Trinajstić information content (AvgIpc) is 2.46. The number of carbonyl (C=O) groups is 1. The maximum Gasteiger partial charge on any atom is 0.222 e. The van der Waals surface area contributed by atoms with E-state index in [9.17, 15) is 4.79 Å². The molecule has 1 amide bonds. The van der Waals surface area contributed by atoms with E-state index < -0.39 is 0 Å². The number of nitriles is 1. The van der Waals surface area contributed by atoms with Crippen molar-refractivity contribution in [2.24, 2.45) is 5.92 Å². The van der Waals surface area contributed by atoms with Crippen LogP contribution in [-0.2, 0) is 4.79 Å². The monoisotopic (exact) mass is 258 g/mol. The largest absolute Gasteiger partial charge is 0.399 e. The number of nitrogens with one attached hydrogen (secondary N) is 1. The Morgan fingerprint density at radius 1 is 1.47 bits per heavy atom. The molecule has 0 atom stereocenters. The lowest BCUT2D eigenvalue weighted by Crippen LogP contribution is -2.39. The summed E-state index contributed by atoms with van der Waals surface area (Å²) in [7, 11) is 1.67. The summed E-state index contributed by atoms with van der Waals surface area (Å²) >= 11 is 0. The van der Waals surface area contributed by atoms with E-state index in [1.54, 1.807) is 19.2 Å². The van der Waals surface area contributed by atoms with Gasteiger partial charge in [-0.25, -0.2) is 0 Å². The van der Waals surface area contributed by atoms with E-state index in [-0.39, 0.29) is 11.8 Å². The number of amides is 1. The van der Waals surface area contributed by atoms with Crippen LogP contribution in [0.5, 0.6) is 0 Å². The number of hydrogen-bond acceptors (Lipinski definition) is 4. The summed E-state index contributed by atoms with van der Waals surface area (Å²) in [6.07, 6.45) is 1.63. The minimum Gasteiger partial charge on any atom is -0.399 e. The number of carbonyl (C=O) groups excluding carboxylic acids is 1. The van der Waals surface area contributed by atoms with Crippen molar-refractivity contribution in [3.63, 3.8) is 0 Å². The third kappa shape index (κ3) is 2.79. The molecular formula is C14H18N4O. The Bertz CT molecular complexity index is 513. The Morgan fingerprint density at radius 3 is 2.74 bits per heavy atom. The third-order valence-electron chi connectivity index (χ3n) is 3.59. The number of benzene rings is 1. The quantitative estimate of drug-likeness (QED) is 0.778. The number of rotatable bonds is 2. The Balaban J connectivity index is 2.10. The van der Waals surface area contributed by atoms with Gasteiger partial charge >= 0.3 is 0 Å². The smallest absolute Gasteiger partial charge is 0.222 e. The lowest BCUT2D eigenvalue weighted by Gasteiger charge is -2.33. The highest BCUT2D eigenvalue weighted by Crippen LogP contribution is 2.27. The second-order valence-electron chi connectivity index (χ2n) is 4.76. The first-order valence-electron chi connectivity index (χ1n) is 6.42. The van der Waals surface area contributed by atoms with E-state index in [1.807, 2.05) is 6.07 Å². The second kappa shape index (κ2) is 5.61. The van der Waals surface area contributed by atoms with Crippen LogP contribution < -0.4 is 16.0 Å². The molecule has 1 fully saturated rings. The summed E-state index contributed by atoms with van der Waals surface area (Å²) < 4.78 is 0. The van der Waals surface area contributed by atoms with E-state index >= 15 is 0 Å². The zero-order valence-corrected chi connectivity index (χ0v) is 11.0. The summed E-state index contributed by atoms with van der Waals surface area (Å²) in [6, 6.07) is 7.56. The SMILES string of the molecule is CNC(=O)C1CCN(c2ccc(N)cc2C#N)CC1. The molecule has 0 aliphatic carbocycles. The normalized spacial score (nSPS) is 15.9. The van der Waals surface area contributed by atoms with Gasteiger partial charge in [0.1, 0.15) is 6.07 Å². The van der Waals surface area contributed by atoms with Gasteiger partial charge in [0.2, 0.25) is 5.91 Å². The van der Waals surface area contributed by atoms with Gasteiger partial charge in [0.15, 0.2) is 0 Å². The van der Waals surface area contributed by atoms with Crippen molar-refractivity contribution in [2.45, 2.75) is 12.8 Å². The number of piperidine rings is 1. The van der Waals surface area contributed by atoms with Gasteiger partial charge in [0.25, 0.3) is 0 Å². The Hall–Kier alpha value is -2.22. The molecule has 5 nitrogen and oxygen atoms in total. The molecule has 1 aromatic carbocycles. The molecule has 1 heterocycles. The fourth-order valence-electron chi connectivity index (χ4n) is 2.51. The van der Waals surface area contributed by atoms with Crippen LogP contribution in [0.25, 0.3) is 0 Å². The molecule has 3 N–H and O–H groups in total. The van der Waals surface area contributed by atoms with Gasteiger partial charge in [-0.3, -0.25) is 4.79 Å². The number of nitrogens with zero attached hydrogens (tertiary/aromatic N) is 2. The first-order valence-corrected chi connectivity index (χ1v) is 6.42. The highest BCUT2D eigenvalue weighted by Gasteiger charge is 2.25. The summed E-state index contributed by atoms with van der Waals surface area (Å²) in [5.74, 6) is 0.193. The van der Waals surface area contributed by atoms with Crippen LogP contribution in [0.15, 0.2) is 18.2 Å². The predicted octanol–water partition coefficient (Wildman–Crippen LogP) is 1.10. The molecule has 5 heteroatoms. The summed E-state index contributed by atoms with van der Waals surface area (Å²) in [4.78, 5) is 13.7. The minimum absolute atomic E-state index is 0.0839. The third-order valence-corrected chi connectivity index (χ3v) is 3.59. The van der Waals surface area contributed by atoms with E-state index in [4.69, 9.17) is 11.0 Å². The Labute approximate surface area is 113 Å². The van der Waals surface area contributed by atoms with Crippen LogP contribution in [-0.4, -0.2) is 26.0 Å². The standard InChI is InChI=1S/C14H18N4O/c1-17-14(19)10-4-6-18(7-5-10)13-3-2-12(16)8-11(13)9-15/h2-3,8,10H,4-7,16H2,1H3,(H,17,19). The number of nitrogen functional groups attached to an aromatic ring is 1. The van der Waals surface area contributed by atoms with Crippen molar-refractivity contribution in [3.8, 4) is 6.07 Å². The number of anilines is 2. The van der Waals surface area contributed by atoms with Gasteiger partial charge in [-0.05, 0) is 31.0 Å². The van der Waals surface area contributed by atoms with Gasteiger partial charge < -0.3 is 16.0 Å². The molecule has 0 spiro atoms. The van der Waals surface area contributed by atoms with E-state index in [2.05, 4.69) is 16.3 Å². The van der Waals surface area contributed by atoms with Gasteiger partial charge in [0.05, 0.1) is 11.3 Å². The Morgan fingerprint density at radius 2 is 2.16 bits per heavy atom. The molecular weight excluding hydrogens is 240 g/mol. The van der Waals surface area contributed by atoms with E-state index in [0.717, 1.165) is 31.6 Å². The summed E-state index contributed by atoms with van der Waals surface area (Å²) in [6.45, 7) is 1.58. The van der Waals surface area contributed by atoms with Crippen LogP contribution in [0.1, 0.15) is 18.4 Å².